The Hall–Kier alpha value is -4.24. The summed E-state index contributed by atoms with van der Waals surface area (Å²) in [4.78, 5) is 42.7. The number of halogens is 1. The summed E-state index contributed by atoms with van der Waals surface area (Å²) in [5.74, 6) is 0.961. The van der Waals surface area contributed by atoms with Crippen molar-refractivity contribution in [1.29, 1.82) is 0 Å². The molecule has 1 aliphatic heterocycles. The van der Waals surface area contributed by atoms with E-state index in [-0.39, 0.29) is 30.8 Å². The van der Waals surface area contributed by atoms with Crippen LogP contribution in [0.3, 0.4) is 0 Å². The zero-order valence-corrected chi connectivity index (χ0v) is 26.5. The normalized spacial score (nSPS) is 14.9. The molecule has 3 aromatic rings. The molecule has 1 atom stereocenters. The van der Waals surface area contributed by atoms with E-state index >= 15 is 0 Å². The van der Waals surface area contributed by atoms with Crippen LogP contribution in [-0.4, -0.2) is 81.1 Å². The van der Waals surface area contributed by atoms with Crippen molar-refractivity contribution in [3.05, 3.63) is 76.8 Å². The highest BCUT2D eigenvalue weighted by molar-refractivity contribution is 6.30. The van der Waals surface area contributed by atoms with Gasteiger partial charge in [0.25, 0.3) is 0 Å². The summed E-state index contributed by atoms with van der Waals surface area (Å²) in [6.07, 6.45) is 2.67. The predicted molar refractivity (Wildman–Crippen MR) is 170 cm³/mol. The Balaban J connectivity index is 1.46. The molecule has 3 amide bonds. The lowest BCUT2D eigenvalue weighted by atomic mass is 9.97. The van der Waals surface area contributed by atoms with Gasteiger partial charge in [0, 0.05) is 24.5 Å². The molecule has 1 aliphatic rings. The van der Waals surface area contributed by atoms with Crippen molar-refractivity contribution < 1.29 is 28.6 Å². The number of methoxy groups -OCH3 is 3. The number of amides is 3. The number of hydrogen-bond donors (Lipinski definition) is 1. The third-order valence-electron chi connectivity index (χ3n) is 7.74. The van der Waals surface area contributed by atoms with Gasteiger partial charge < -0.3 is 29.3 Å². The zero-order chi connectivity index (χ0) is 31.6. The molecule has 0 aliphatic carbocycles. The van der Waals surface area contributed by atoms with Crippen molar-refractivity contribution in [2.45, 2.75) is 38.6 Å². The number of ether oxygens (including phenoxy) is 3. The first-order valence-electron chi connectivity index (χ1n) is 14.8. The van der Waals surface area contributed by atoms with Crippen LogP contribution in [0.25, 0.3) is 11.1 Å². The highest BCUT2D eigenvalue weighted by Gasteiger charge is 2.39. The smallest absolute Gasteiger partial charge is 0.246 e. The van der Waals surface area contributed by atoms with E-state index in [0.29, 0.717) is 48.2 Å². The van der Waals surface area contributed by atoms with Gasteiger partial charge in [0.2, 0.25) is 23.5 Å². The molecule has 1 fully saturated rings. The van der Waals surface area contributed by atoms with Gasteiger partial charge in [-0.1, -0.05) is 61.3 Å². The lowest BCUT2D eigenvalue weighted by Gasteiger charge is -2.40. The Morgan fingerprint density at radius 1 is 0.909 bits per heavy atom. The lowest BCUT2D eigenvalue weighted by Crippen LogP contribution is -2.62. The highest BCUT2D eigenvalue weighted by Crippen LogP contribution is 2.41. The molecule has 1 heterocycles. The Morgan fingerprint density at radius 2 is 1.55 bits per heavy atom. The molecule has 0 unspecified atom stereocenters. The van der Waals surface area contributed by atoms with E-state index in [1.165, 1.54) is 4.90 Å². The monoisotopic (exact) mass is 621 g/mol. The number of carbonyl (C=O) groups is 3. The summed E-state index contributed by atoms with van der Waals surface area (Å²) in [6, 6.07) is 18.4. The molecule has 10 heteroatoms. The number of unbranched alkanes of at least 4 members (excludes halogenated alkanes) is 1. The lowest BCUT2D eigenvalue weighted by molar-refractivity contribution is -0.157. The van der Waals surface area contributed by atoms with E-state index in [2.05, 4.69) is 5.32 Å². The molecule has 0 radical (unpaired) electrons. The fraction of sp³-hybridized carbons (Fsp3) is 0.382. The van der Waals surface area contributed by atoms with Gasteiger partial charge in [-0.15, -0.1) is 0 Å². The Bertz CT molecular complexity index is 1420. The summed E-state index contributed by atoms with van der Waals surface area (Å²) in [5, 5.41) is 3.52. The maximum Gasteiger partial charge on any atom is 0.246 e. The summed E-state index contributed by atoms with van der Waals surface area (Å²) >= 11 is 5.94. The van der Waals surface area contributed by atoms with E-state index in [9.17, 15) is 14.4 Å². The van der Waals surface area contributed by atoms with Crippen molar-refractivity contribution in [2.75, 3.05) is 47.5 Å². The molecular formula is C34H40ClN3O6. The number of hydrogen-bond acceptors (Lipinski definition) is 6. The van der Waals surface area contributed by atoms with Crippen molar-refractivity contribution in [3.8, 4) is 28.4 Å². The van der Waals surface area contributed by atoms with E-state index in [1.54, 1.807) is 26.2 Å². The van der Waals surface area contributed by atoms with Gasteiger partial charge in [0.1, 0.15) is 19.1 Å². The van der Waals surface area contributed by atoms with Crippen LogP contribution >= 0.6 is 11.6 Å². The second-order valence-corrected chi connectivity index (χ2v) is 11.1. The first-order valence-corrected chi connectivity index (χ1v) is 15.1. The Morgan fingerprint density at radius 3 is 2.14 bits per heavy atom. The molecule has 0 saturated carbocycles. The molecule has 3 aromatic carbocycles. The van der Waals surface area contributed by atoms with Crippen molar-refractivity contribution >= 4 is 29.3 Å². The summed E-state index contributed by atoms with van der Waals surface area (Å²) in [6.45, 7) is 2.69. The number of nitrogens with zero attached hydrogens (tertiary/aromatic N) is 2. The van der Waals surface area contributed by atoms with Gasteiger partial charge in [0.15, 0.2) is 11.5 Å². The predicted octanol–water partition coefficient (Wildman–Crippen LogP) is 4.77. The quantitative estimate of drug-likeness (QED) is 0.278. The first-order chi connectivity index (χ1) is 21.3. The van der Waals surface area contributed by atoms with Gasteiger partial charge in [-0.3, -0.25) is 14.4 Å². The van der Waals surface area contributed by atoms with Gasteiger partial charge in [-0.25, -0.2) is 0 Å². The average Bonchev–Trinajstić information content (AvgIpc) is 3.03. The zero-order valence-electron chi connectivity index (χ0n) is 25.7. The number of piperazine rings is 1. The standard InChI is InChI=1S/C34H40ClN3O6/c1-5-6-17-38-28(18-24-7-11-25(12-8-24)26-19-29(42-2)33(44-4)30(20-26)43-3)34(41)37(22-32(38)40)21-31(39)36-16-15-23-9-13-27(35)14-10-23/h7-14,19-20,28H,5-6,15-18,21-22H2,1-4H3,(H,36,39)/t28-/m1/s1. The minimum absolute atomic E-state index is 0.107. The third kappa shape index (κ3) is 8.02. The number of benzene rings is 3. The molecule has 9 nitrogen and oxygen atoms in total. The van der Waals surface area contributed by atoms with E-state index < -0.39 is 6.04 Å². The molecule has 1 N–H and O–H groups in total. The van der Waals surface area contributed by atoms with Crippen LogP contribution in [0, 0.1) is 0 Å². The third-order valence-corrected chi connectivity index (χ3v) is 7.99. The first kappa shape index (κ1) is 32.7. The van der Waals surface area contributed by atoms with Crippen molar-refractivity contribution in [3.63, 3.8) is 0 Å². The second-order valence-electron chi connectivity index (χ2n) is 10.7. The number of rotatable bonds is 14. The molecule has 0 spiro atoms. The topological polar surface area (TPSA) is 97.4 Å². The fourth-order valence-electron chi connectivity index (χ4n) is 5.32. The highest BCUT2D eigenvalue weighted by atomic mass is 35.5. The van der Waals surface area contributed by atoms with Crippen LogP contribution < -0.4 is 19.5 Å². The van der Waals surface area contributed by atoms with Crippen LogP contribution in [0.2, 0.25) is 5.02 Å². The Kier molecular flexibility index (Phi) is 11.5. The second kappa shape index (κ2) is 15.5. The van der Waals surface area contributed by atoms with Crippen LogP contribution in [-0.2, 0) is 27.2 Å². The van der Waals surface area contributed by atoms with Gasteiger partial charge in [0.05, 0.1) is 21.3 Å². The number of carbonyl (C=O) groups excluding carboxylic acids is 3. The van der Waals surface area contributed by atoms with Crippen molar-refractivity contribution in [2.24, 2.45) is 0 Å². The molecule has 4 rings (SSSR count). The van der Waals surface area contributed by atoms with Gasteiger partial charge in [-0.2, -0.15) is 0 Å². The molecular weight excluding hydrogens is 582 g/mol. The average molecular weight is 622 g/mol. The van der Waals surface area contributed by atoms with Crippen LogP contribution in [0.4, 0.5) is 0 Å². The molecule has 44 heavy (non-hydrogen) atoms. The van der Waals surface area contributed by atoms with Crippen molar-refractivity contribution in [1.82, 2.24) is 15.1 Å². The maximum atomic E-state index is 13.7. The van der Waals surface area contributed by atoms with E-state index in [0.717, 1.165) is 35.1 Å². The largest absolute Gasteiger partial charge is 0.493 e. The van der Waals surface area contributed by atoms with Crippen LogP contribution in [0.5, 0.6) is 17.2 Å². The summed E-state index contributed by atoms with van der Waals surface area (Å²) in [7, 11) is 4.71. The van der Waals surface area contributed by atoms with E-state index in [4.69, 9.17) is 25.8 Å². The molecule has 234 valence electrons. The summed E-state index contributed by atoms with van der Waals surface area (Å²) < 4.78 is 16.4. The van der Waals surface area contributed by atoms with Gasteiger partial charge >= 0.3 is 0 Å². The number of nitrogens with one attached hydrogen (secondary N) is 1. The van der Waals surface area contributed by atoms with Crippen LogP contribution in [0.1, 0.15) is 30.9 Å². The molecule has 1 saturated heterocycles. The van der Waals surface area contributed by atoms with E-state index in [1.807, 2.05) is 67.6 Å². The minimum atomic E-state index is -0.684. The summed E-state index contributed by atoms with van der Waals surface area (Å²) in [5.41, 5.74) is 3.76. The SMILES string of the molecule is CCCCN1C(=O)CN(CC(=O)NCCc2ccc(Cl)cc2)C(=O)[C@H]1Cc1ccc(-c2cc(OC)c(OC)c(OC)c2)cc1. The maximum absolute atomic E-state index is 13.7. The molecule has 0 bridgehead atoms. The minimum Gasteiger partial charge on any atom is -0.493 e. The Labute approximate surface area is 264 Å². The van der Waals surface area contributed by atoms with Gasteiger partial charge in [-0.05, 0) is 59.4 Å². The fourth-order valence-corrected chi connectivity index (χ4v) is 5.45. The molecule has 0 aromatic heterocycles. The van der Waals surface area contributed by atoms with Crippen LogP contribution in [0.15, 0.2) is 60.7 Å².